The molecule has 0 bridgehead atoms. The summed E-state index contributed by atoms with van der Waals surface area (Å²) in [5, 5.41) is 12.5. The number of rotatable bonds is 5. The molecule has 3 N–H and O–H groups in total. The van der Waals surface area contributed by atoms with Gasteiger partial charge in [-0.3, -0.25) is 14.7 Å². The van der Waals surface area contributed by atoms with Crippen molar-refractivity contribution >= 4 is 23.2 Å². The lowest BCUT2D eigenvalue weighted by atomic mass is 10.1. The Balaban J connectivity index is 1.48. The number of amides is 2. The van der Waals surface area contributed by atoms with Gasteiger partial charge in [-0.25, -0.2) is 4.98 Å². The van der Waals surface area contributed by atoms with Crippen LogP contribution >= 0.6 is 0 Å². The highest BCUT2D eigenvalue weighted by Gasteiger charge is 2.12. The number of H-pyrrole nitrogens is 1. The Morgan fingerprint density at radius 3 is 2.41 bits per heavy atom. The van der Waals surface area contributed by atoms with E-state index in [-0.39, 0.29) is 17.6 Å². The molecule has 4 aromatic rings. The fourth-order valence-electron chi connectivity index (χ4n) is 2.75. The average molecular weight is 387 g/mol. The zero-order valence-corrected chi connectivity index (χ0v) is 15.5. The quantitative estimate of drug-likeness (QED) is 0.481. The van der Waals surface area contributed by atoms with Gasteiger partial charge in [-0.1, -0.05) is 18.2 Å². The maximum absolute atomic E-state index is 12.7. The second-order valence-electron chi connectivity index (χ2n) is 6.29. The van der Waals surface area contributed by atoms with Crippen molar-refractivity contribution in [2.75, 3.05) is 10.6 Å². The van der Waals surface area contributed by atoms with E-state index in [0.717, 1.165) is 5.56 Å². The molecule has 8 heteroatoms. The third-order valence-corrected chi connectivity index (χ3v) is 4.10. The molecule has 0 spiro atoms. The van der Waals surface area contributed by atoms with Crippen molar-refractivity contribution in [1.29, 1.82) is 0 Å². The van der Waals surface area contributed by atoms with E-state index in [0.29, 0.717) is 28.6 Å². The molecule has 0 aliphatic carbocycles. The molecule has 0 atom stereocenters. The van der Waals surface area contributed by atoms with E-state index in [4.69, 9.17) is 4.42 Å². The largest absolute Gasteiger partial charge is 0.459 e. The van der Waals surface area contributed by atoms with Crippen LogP contribution < -0.4 is 10.6 Å². The summed E-state index contributed by atoms with van der Waals surface area (Å²) in [5.74, 6) is 0.771. The van der Waals surface area contributed by atoms with Crippen molar-refractivity contribution in [3.05, 3.63) is 84.1 Å². The maximum Gasteiger partial charge on any atom is 0.291 e. The third-order valence-electron chi connectivity index (χ3n) is 4.10. The molecule has 2 aromatic carbocycles. The molecular formula is C21H17N5O3. The topological polar surface area (TPSA) is 113 Å². The minimum atomic E-state index is -0.387. The van der Waals surface area contributed by atoms with Crippen LogP contribution in [0.15, 0.2) is 71.3 Å². The highest BCUT2D eigenvalue weighted by atomic mass is 16.3. The van der Waals surface area contributed by atoms with Crippen LogP contribution in [0.5, 0.6) is 0 Å². The van der Waals surface area contributed by atoms with Gasteiger partial charge in [0.05, 0.1) is 6.26 Å². The van der Waals surface area contributed by atoms with Gasteiger partial charge >= 0.3 is 0 Å². The van der Waals surface area contributed by atoms with Gasteiger partial charge in [0.15, 0.2) is 11.6 Å². The monoisotopic (exact) mass is 387 g/mol. The van der Waals surface area contributed by atoms with Gasteiger partial charge < -0.3 is 15.1 Å². The summed E-state index contributed by atoms with van der Waals surface area (Å²) in [7, 11) is 0. The second-order valence-corrected chi connectivity index (χ2v) is 6.29. The third kappa shape index (κ3) is 4.22. The Labute approximate surface area is 166 Å². The van der Waals surface area contributed by atoms with Gasteiger partial charge in [-0.05, 0) is 49.4 Å². The van der Waals surface area contributed by atoms with Crippen LogP contribution in [0.3, 0.4) is 0 Å². The second kappa shape index (κ2) is 7.81. The fourth-order valence-corrected chi connectivity index (χ4v) is 2.75. The number of aromatic amines is 1. The molecule has 0 unspecified atom stereocenters. The van der Waals surface area contributed by atoms with Gasteiger partial charge in [-0.15, -0.1) is 0 Å². The standard InChI is InChI=1S/C21H17N5O3/c1-13-22-19(26-25-13)14-5-2-7-16(11-14)23-20(27)15-6-3-8-17(12-15)24-21(28)18-9-4-10-29-18/h2-12H,1H3,(H,23,27)(H,24,28)(H,22,25,26). The van der Waals surface area contributed by atoms with Crippen molar-refractivity contribution in [3.63, 3.8) is 0 Å². The maximum atomic E-state index is 12.7. The zero-order chi connectivity index (χ0) is 20.2. The van der Waals surface area contributed by atoms with E-state index >= 15 is 0 Å². The molecule has 2 heterocycles. The molecule has 0 fully saturated rings. The van der Waals surface area contributed by atoms with Crippen LogP contribution in [0.2, 0.25) is 0 Å². The highest BCUT2D eigenvalue weighted by molar-refractivity contribution is 6.06. The molecule has 0 aliphatic heterocycles. The van der Waals surface area contributed by atoms with Crippen LogP contribution in [0.25, 0.3) is 11.4 Å². The first-order chi connectivity index (χ1) is 14.1. The van der Waals surface area contributed by atoms with Crippen LogP contribution in [0.1, 0.15) is 26.7 Å². The lowest BCUT2D eigenvalue weighted by molar-refractivity contribution is 0.0993. The smallest absolute Gasteiger partial charge is 0.291 e. The number of hydrogen-bond acceptors (Lipinski definition) is 5. The Morgan fingerprint density at radius 2 is 1.69 bits per heavy atom. The number of nitrogens with zero attached hydrogens (tertiary/aromatic N) is 2. The summed E-state index contributed by atoms with van der Waals surface area (Å²) >= 11 is 0. The van der Waals surface area contributed by atoms with E-state index in [1.807, 2.05) is 19.1 Å². The predicted octanol–water partition coefficient (Wildman–Crippen LogP) is 3.88. The minimum absolute atomic E-state index is 0.193. The lowest BCUT2D eigenvalue weighted by Gasteiger charge is -2.08. The molecule has 4 rings (SSSR count). The van der Waals surface area contributed by atoms with E-state index in [9.17, 15) is 9.59 Å². The number of carbonyl (C=O) groups is 2. The molecule has 2 amide bonds. The van der Waals surface area contributed by atoms with Crippen LogP contribution in [0, 0.1) is 6.92 Å². The van der Waals surface area contributed by atoms with Crippen molar-refractivity contribution in [2.45, 2.75) is 6.92 Å². The highest BCUT2D eigenvalue weighted by Crippen LogP contribution is 2.20. The van der Waals surface area contributed by atoms with Gasteiger partial charge in [0.25, 0.3) is 11.8 Å². The molecule has 0 radical (unpaired) electrons. The Kier molecular flexibility index (Phi) is 4.90. The number of aryl methyl sites for hydroxylation is 1. The molecule has 29 heavy (non-hydrogen) atoms. The summed E-state index contributed by atoms with van der Waals surface area (Å²) in [6.07, 6.45) is 1.42. The molecular weight excluding hydrogens is 370 g/mol. The average Bonchev–Trinajstić information content (AvgIpc) is 3.40. The molecule has 2 aromatic heterocycles. The van der Waals surface area contributed by atoms with Crippen molar-refractivity contribution in [2.24, 2.45) is 0 Å². The summed E-state index contributed by atoms with van der Waals surface area (Å²) in [5.41, 5.74) is 2.29. The summed E-state index contributed by atoms with van der Waals surface area (Å²) in [4.78, 5) is 29.0. The van der Waals surface area contributed by atoms with E-state index in [2.05, 4.69) is 25.8 Å². The predicted molar refractivity (Wildman–Crippen MR) is 108 cm³/mol. The van der Waals surface area contributed by atoms with Crippen LogP contribution in [-0.4, -0.2) is 27.0 Å². The SMILES string of the molecule is Cc1nc(-c2cccc(NC(=O)c3cccc(NC(=O)c4ccco4)c3)c2)n[nH]1. The molecule has 144 valence electrons. The zero-order valence-electron chi connectivity index (χ0n) is 15.5. The van der Waals surface area contributed by atoms with Crippen LogP contribution in [-0.2, 0) is 0 Å². The first-order valence-electron chi connectivity index (χ1n) is 8.84. The number of anilines is 2. The first-order valence-corrected chi connectivity index (χ1v) is 8.84. The Bertz CT molecular complexity index is 1160. The van der Waals surface area contributed by atoms with Gasteiger partial charge in [-0.2, -0.15) is 5.10 Å². The summed E-state index contributed by atoms with van der Waals surface area (Å²) < 4.78 is 5.07. The number of aromatic nitrogens is 3. The molecule has 8 nitrogen and oxygen atoms in total. The lowest BCUT2D eigenvalue weighted by Crippen LogP contribution is -2.14. The Morgan fingerprint density at radius 1 is 0.931 bits per heavy atom. The number of hydrogen-bond donors (Lipinski definition) is 3. The van der Waals surface area contributed by atoms with E-state index in [1.165, 1.54) is 6.26 Å². The minimum Gasteiger partial charge on any atom is -0.459 e. The van der Waals surface area contributed by atoms with Crippen LogP contribution in [0.4, 0.5) is 11.4 Å². The number of carbonyl (C=O) groups excluding carboxylic acids is 2. The normalized spacial score (nSPS) is 10.5. The number of furan rings is 1. The fraction of sp³-hybridized carbons (Fsp3) is 0.0476. The van der Waals surface area contributed by atoms with E-state index in [1.54, 1.807) is 48.5 Å². The van der Waals surface area contributed by atoms with Crippen molar-refractivity contribution in [3.8, 4) is 11.4 Å². The summed E-state index contributed by atoms with van der Waals surface area (Å²) in [6, 6.07) is 17.1. The number of benzene rings is 2. The van der Waals surface area contributed by atoms with Gasteiger partial charge in [0.1, 0.15) is 5.82 Å². The first kappa shape index (κ1) is 18.2. The summed E-state index contributed by atoms with van der Waals surface area (Å²) in [6.45, 7) is 1.82. The molecule has 0 saturated heterocycles. The van der Waals surface area contributed by atoms with Crippen molar-refractivity contribution in [1.82, 2.24) is 15.2 Å². The van der Waals surface area contributed by atoms with Gasteiger partial charge in [0, 0.05) is 22.5 Å². The van der Waals surface area contributed by atoms with Crippen molar-refractivity contribution < 1.29 is 14.0 Å². The van der Waals surface area contributed by atoms with Gasteiger partial charge in [0.2, 0.25) is 0 Å². The number of nitrogens with one attached hydrogen (secondary N) is 3. The molecule has 0 aliphatic rings. The Hall–Kier alpha value is -4.20. The van der Waals surface area contributed by atoms with E-state index < -0.39 is 0 Å². The molecule has 0 saturated carbocycles.